The molecular weight excluding hydrogens is 371 g/mol. The Kier molecular flexibility index (Phi) is 5.26. The first-order chi connectivity index (χ1) is 14.0. The lowest BCUT2D eigenvalue weighted by atomic mass is 10.2. The number of aromatic nitrogens is 3. The van der Waals surface area contributed by atoms with Gasteiger partial charge in [0.1, 0.15) is 17.3 Å². The van der Waals surface area contributed by atoms with E-state index in [9.17, 15) is 9.18 Å². The molecule has 1 aliphatic rings. The molecule has 2 aromatic heterocycles. The van der Waals surface area contributed by atoms with Gasteiger partial charge in [-0.05, 0) is 38.2 Å². The summed E-state index contributed by atoms with van der Waals surface area (Å²) in [6.07, 6.45) is 3.10. The normalized spacial score (nSPS) is 14.8. The molecule has 0 bridgehead atoms. The Morgan fingerprint density at radius 3 is 2.52 bits per heavy atom. The number of hydrogen-bond donors (Lipinski definition) is 1. The van der Waals surface area contributed by atoms with Crippen molar-refractivity contribution in [3.05, 3.63) is 65.9 Å². The second kappa shape index (κ2) is 8.00. The Morgan fingerprint density at radius 1 is 1.07 bits per heavy atom. The van der Waals surface area contributed by atoms with Crippen molar-refractivity contribution in [2.45, 2.75) is 6.92 Å². The van der Waals surface area contributed by atoms with Gasteiger partial charge in [0.25, 0.3) is 5.91 Å². The van der Waals surface area contributed by atoms with Crippen molar-refractivity contribution >= 4 is 17.4 Å². The maximum atomic E-state index is 14.0. The third kappa shape index (κ3) is 3.97. The zero-order valence-electron chi connectivity index (χ0n) is 16.5. The second-order valence-corrected chi connectivity index (χ2v) is 7.16. The lowest BCUT2D eigenvalue weighted by molar-refractivity contribution is 0.102. The minimum atomic E-state index is -0.394. The molecule has 4 rings (SSSR count). The Balaban J connectivity index is 1.47. The van der Waals surface area contributed by atoms with Crippen molar-refractivity contribution in [3.63, 3.8) is 0 Å². The molecule has 3 aromatic rings. The largest absolute Gasteiger partial charge is 0.354 e. The third-order valence-corrected chi connectivity index (χ3v) is 5.17. The Morgan fingerprint density at radius 2 is 1.83 bits per heavy atom. The molecule has 29 heavy (non-hydrogen) atoms. The van der Waals surface area contributed by atoms with Crippen LogP contribution in [0.2, 0.25) is 0 Å². The number of rotatable bonds is 4. The fraction of sp³-hybridized carbons (Fsp3) is 0.286. The predicted octanol–water partition coefficient (Wildman–Crippen LogP) is 2.72. The van der Waals surface area contributed by atoms with Crippen LogP contribution in [-0.4, -0.2) is 58.8 Å². The number of hydrogen-bond acceptors (Lipinski definition) is 5. The summed E-state index contributed by atoms with van der Waals surface area (Å²) in [5.74, 6) is 0.202. The van der Waals surface area contributed by atoms with Gasteiger partial charge >= 0.3 is 0 Å². The number of pyridine rings is 1. The van der Waals surface area contributed by atoms with Crippen molar-refractivity contribution in [2.75, 3.05) is 43.4 Å². The van der Waals surface area contributed by atoms with Crippen LogP contribution in [0.3, 0.4) is 0 Å². The van der Waals surface area contributed by atoms with E-state index in [1.165, 1.54) is 16.9 Å². The van der Waals surface area contributed by atoms with Gasteiger partial charge in [-0.2, -0.15) is 5.10 Å². The maximum absolute atomic E-state index is 14.0. The Hall–Kier alpha value is -3.26. The number of nitrogens with one attached hydrogen (secondary N) is 1. The zero-order chi connectivity index (χ0) is 20.4. The van der Waals surface area contributed by atoms with E-state index in [0.717, 1.165) is 32.0 Å². The standard InChI is InChI=1S/C21H23FN6O/c1-15-17(14-24-28(15)19-6-4-3-5-18(19)22)21(29)25-16-7-8-20(23-13-16)27-11-9-26(2)10-12-27/h3-8,13-14H,9-12H2,1-2H3,(H,25,29). The van der Waals surface area contributed by atoms with Crippen molar-refractivity contribution < 1.29 is 9.18 Å². The van der Waals surface area contributed by atoms with Gasteiger partial charge in [0.05, 0.1) is 29.3 Å². The van der Waals surface area contributed by atoms with E-state index in [0.29, 0.717) is 22.6 Å². The third-order valence-electron chi connectivity index (χ3n) is 5.17. The SMILES string of the molecule is Cc1c(C(=O)Nc2ccc(N3CCN(C)CC3)nc2)cnn1-c1ccccc1F. The molecule has 1 amide bonds. The predicted molar refractivity (Wildman–Crippen MR) is 110 cm³/mol. The van der Waals surface area contributed by atoms with Gasteiger partial charge < -0.3 is 15.1 Å². The van der Waals surface area contributed by atoms with Gasteiger partial charge in [0, 0.05) is 26.2 Å². The molecule has 3 heterocycles. The first kappa shape index (κ1) is 19.1. The number of amides is 1. The smallest absolute Gasteiger partial charge is 0.259 e. The quantitative estimate of drug-likeness (QED) is 0.737. The van der Waals surface area contributed by atoms with Crippen LogP contribution in [0.4, 0.5) is 15.9 Å². The van der Waals surface area contributed by atoms with Crippen LogP contribution in [0.1, 0.15) is 16.1 Å². The van der Waals surface area contributed by atoms with Gasteiger partial charge in [-0.25, -0.2) is 14.1 Å². The minimum Gasteiger partial charge on any atom is -0.354 e. The number of likely N-dealkylation sites (N-methyl/N-ethyl adjacent to an activating group) is 1. The van der Waals surface area contributed by atoms with Gasteiger partial charge in [-0.1, -0.05) is 12.1 Å². The molecule has 1 aliphatic heterocycles. The number of halogens is 1. The van der Waals surface area contributed by atoms with Crippen molar-refractivity contribution in [1.29, 1.82) is 0 Å². The molecule has 1 aromatic carbocycles. The summed E-state index contributed by atoms with van der Waals surface area (Å²) in [6.45, 7) is 5.62. The number of nitrogens with zero attached hydrogens (tertiary/aromatic N) is 5. The summed E-state index contributed by atoms with van der Waals surface area (Å²) in [4.78, 5) is 21.7. The molecule has 0 atom stereocenters. The van der Waals surface area contributed by atoms with Gasteiger partial charge in [-0.3, -0.25) is 4.79 Å². The molecule has 7 nitrogen and oxygen atoms in total. The Bertz CT molecular complexity index is 1010. The zero-order valence-corrected chi connectivity index (χ0v) is 16.5. The topological polar surface area (TPSA) is 66.3 Å². The Labute approximate surface area is 168 Å². The van der Waals surface area contributed by atoms with Crippen LogP contribution in [-0.2, 0) is 0 Å². The highest BCUT2D eigenvalue weighted by molar-refractivity contribution is 6.04. The fourth-order valence-corrected chi connectivity index (χ4v) is 3.38. The molecule has 1 fully saturated rings. The van der Waals surface area contributed by atoms with E-state index in [2.05, 4.69) is 32.2 Å². The van der Waals surface area contributed by atoms with Crippen molar-refractivity contribution in [2.24, 2.45) is 0 Å². The lowest BCUT2D eigenvalue weighted by Gasteiger charge is -2.33. The number of piperazine rings is 1. The van der Waals surface area contributed by atoms with Crippen LogP contribution in [0.15, 0.2) is 48.8 Å². The second-order valence-electron chi connectivity index (χ2n) is 7.16. The highest BCUT2D eigenvalue weighted by atomic mass is 19.1. The van der Waals surface area contributed by atoms with E-state index in [-0.39, 0.29) is 5.91 Å². The van der Waals surface area contributed by atoms with E-state index >= 15 is 0 Å². The maximum Gasteiger partial charge on any atom is 0.259 e. The number of carbonyl (C=O) groups excluding carboxylic acids is 1. The van der Waals surface area contributed by atoms with Crippen LogP contribution in [0, 0.1) is 12.7 Å². The molecule has 0 spiro atoms. The average molecular weight is 394 g/mol. The highest BCUT2D eigenvalue weighted by Gasteiger charge is 2.18. The summed E-state index contributed by atoms with van der Waals surface area (Å²) >= 11 is 0. The summed E-state index contributed by atoms with van der Waals surface area (Å²) in [5.41, 5.74) is 1.86. The van der Waals surface area contributed by atoms with Crippen molar-refractivity contribution in [1.82, 2.24) is 19.7 Å². The first-order valence-corrected chi connectivity index (χ1v) is 9.53. The number of para-hydroxylation sites is 1. The highest BCUT2D eigenvalue weighted by Crippen LogP contribution is 2.19. The molecule has 0 saturated carbocycles. The van der Waals surface area contributed by atoms with Crippen molar-refractivity contribution in [3.8, 4) is 5.69 Å². The number of carbonyl (C=O) groups is 1. The first-order valence-electron chi connectivity index (χ1n) is 9.53. The monoisotopic (exact) mass is 394 g/mol. The summed E-state index contributed by atoms with van der Waals surface area (Å²) in [5, 5.41) is 7.02. The number of benzene rings is 1. The molecule has 1 saturated heterocycles. The van der Waals surface area contributed by atoms with Crippen LogP contribution in [0.5, 0.6) is 0 Å². The average Bonchev–Trinajstić information content (AvgIpc) is 3.11. The van der Waals surface area contributed by atoms with Crippen LogP contribution >= 0.6 is 0 Å². The van der Waals surface area contributed by atoms with Crippen LogP contribution in [0.25, 0.3) is 5.69 Å². The van der Waals surface area contributed by atoms with Gasteiger partial charge in [0.15, 0.2) is 0 Å². The molecule has 0 aliphatic carbocycles. The minimum absolute atomic E-state index is 0.306. The summed E-state index contributed by atoms with van der Waals surface area (Å²) in [7, 11) is 2.11. The summed E-state index contributed by atoms with van der Waals surface area (Å²) < 4.78 is 15.5. The number of anilines is 2. The van der Waals surface area contributed by atoms with Crippen LogP contribution < -0.4 is 10.2 Å². The van der Waals surface area contributed by atoms with E-state index in [1.54, 1.807) is 31.3 Å². The van der Waals surface area contributed by atoms with E-state index < -0.39 is 5.82 Å². The molecular formula is C21H23FN6O. The van der Waals surface area contributed by atoms with E-state index in [1.807, 2.05) is 12.1 Å². The molecule has 1 N–H and O–H groups in total. The molecule has 8 heteroatoms. The lowest BCUT2D eigenvalue weighted by Crippen LogP contribution is -2.44. The van der Waals surface area contributed by atoms with E-state index in [4.69, 9.17) is 0 Å². The summed E-state index contributed by atoms with van der Waals surface area (Å²) in [6, 6.07) is 10.1. The van der Waals surface area contributed by atoms with Gasteiger partial charge in [-0.15, -0.1) is 0 Å². The molecule has 0 radical (unpaired) electrons. The molecule has 150 valence electrons. The van der Waals surface area contributed by atoms with Gasteiger partial charge in [0.2, 0.25) is 0 Å². The fourth-order valence-electron chi connectivity index (χ4n) is 3.38. The molecule has 0 unspecified atom stereocenters.